The first kappa shape index (κ1) is 16.3. The van der Waals surface area contributed by atoms with Crippen LogP contribution in [0, 0.1) is 0 Å². The lowest BCUT2D eigenvalue weighted by molar-refractivity contribution is -0.122. The number of ketones is 1. The first-order valence-electron chi connectivity index (χ1n) is 4.88. The smallest absolute Gasteiger partial charge is 0.199 e. The van der Waals surface area contributed by atoms with Gasteiger partial charge in [-0.2, -0.15) is 0 Å². The lowest BCUT2D eigenvalue weighted by Crippen LogP contribution is -2.05. The van der Waals surface area contributed by atoms with E-state index in [0.717, 1.165) is 0 Å². The first-order valence-corrected chi connectivity index (χ1v) is 5.96. The molecule has 0 rings (SSSR count). The van der Waals surface area contributed by atoms with Crippen molar-refractivity contribution in [2.45, 2.75) is 31.9 Å². The number of allylic oxidation sites excluding steroid dienone is 3. The van der Waals surface area contributed by atoms with Gasteiger partial charge in [0.25, 0.3) is 0 Å². The van der Waals surface area contributed by atoms with Gasteiger partial charge in [-0.05, 0) is 12.8 Å². The number of halogens is 4. The molecule has 0 aliphatic rings. The topological polar surface area (TPSA) is 34.1 Å². The minimum atomic E-state index is -1.94. The monoisotopic (exact) mass is 360 g/mol. The first-order chi connectivity index (χ1) is 7.82. The van der Waals surface area contributed by atoms with Gasteiger partial charge in [-0.25, -0.2) is 13.2 Å². The molecule has 96 valence electrons. The third kappa shape index (κ3) is 9.08. The molecule has 0 N–H and O–H groups in total. The quantitative estimate of drug-likeness (QED) is 0.286. The van der Waals surface area contributed by atoms with Crippen LogP contribution in [0.2, 0.25) is 0 Å². The zero-order chi connectivity index (χ0) is 13.4. The van der Waals surface area contributed by atoms with Crippen LogP contribution in [0.25, 0.3) is 0 Å². The van der Waals surface area contributed by atoms with E-state index in [0.29, 0.717) is 6.08 Å². The minimum Gasteiger partial charge on any atom is -0.299 e. The molecule has 0 amide bonds. The molecule has 0 saturated heterocycles. The zero-order valence-electron chi connectivity index (χ0n) is 9.02. The molecule has 0 spiro atoms. The van der Waals surface area contributed by atoms with Crippen LogP contribution < -0.4 is 0 Å². The summed E-state index contributed by atoms with van der Waals surface area (Å²) in [4.78, 5) is 21.6. The average molecular weight is 360 g/mol. The van der Waals surface area contributed by atoms with E-state index in [2.05, 4.69) is 6.58 Å². The summed E-state index contributed by atoms with van der Waals surface area (Å²) in [5, 5.41) is 0. The van der Waals surface area contributed by atoms with Gasteiger partial charge in [0.1, 0.15) is 17.4 Å². The number of carbonyl (C=O) groups excluding carboxylic acids is 2. The molecule has 0 radical (unpaired) electrons. The maximum atomic E-state index is 13.0. The molecular weight excluding hydrogens is 348 g/mol. The molecule has 0 aromatic carbocycles. The molecule has 0 aliphatic heterocycles. The van der Waals surface area contributed by atoms with E-state index in [-0.39, 0.29) is 35.3 Å². The van der Waals surface area contributed by atoms with Crippen LogP contribution >= 0.6 is 22.6 Å². The Bertz CT molecular complexity index is 340. The molecule has 17 heavy (non-hydrogen) atoms. The Balaban J connectivity index is 3.93. The highest BCUT2D eigenvalue weighted by Gasteiger charge is 2.14. The SMILES string of the molecule is C=C(F)/C=C(/F)[C@@H](F)CCCC(=O)CC(=O)I. The Morgan fingerprint density at radius 1 is 1.35 bits per heavy atom. The largest absolute Gasteiger partial charge is 0.299 e. The fourth-order valence-corrected chi connectivity index (χ4v) is 1.53. The second-order valence-electron chi connectivity index (χ2n) is 3.41. The molecule has 0 heterocycles. The van der Waals surface area contributed by atoms with E-state index in [9.17, 15) is 22.8 Å². The lowest BCUT2D eigenvalue weighted by atomic mass is 10.1. The van der Waals surface area contributed by atoms with Crippen LogP contribution in [-0.2, 0) is 9.59 Å². The van der Waals surface area contributed by atoms with Crippen molar-refractivity contribution in [1.82, 2.24) is 0 Å². The van der Waals surface area contributed by atoms with Crippen molar-refractivity contribution in [3.63, 3.8) is 0 Å². The van der Waals surface area contributed by atoms with E-state index in [1.807, 2.05) is 0 Å². The van der Waals surface area contributed by atoms with E-state index in [1.54, 1.807) is 0 Å². The Kier molecular flexibility index (Phi) is 8.11. The van der Waals surface area contributed by atoms with Gasteiger partial charge in [0.15, 0.2) is 9.96 Å². The van der Waals surface area contributed by atoms with Gasteiger partial charge in [0, 0.05) is 35.1 Å². The number of carbonyl (C=O) groups is 2. The summed E-state index contributed by atoms with van der Waals surface area (Å²) in [5.41, 5.74) is 0. The van der Waals surface area contributed by atoms with Crippen LogP contribution in [0.4, 0.5) is 13.2 Å². The summed E-state index contributed by atoms with van der Waals surface area (Å²) in [6.45, 7) is 2.78. The number of Topliss-reactive ketones (excluding diaryl/α,β-unsaturated/α-hetero) is 1. The molecule has 6 heteroatoms. The number of hydrogen-bond acceptors (Lipinski definition) is 2. The van der Waals surface area contributed by atoms with Crippen LogP contribution in [0.3, 0.4) is 0 Å². The molecule has 2 nitrogen and oxygen atoms in total. The zero-order valence-corrected chi connectivity index (χ0v) is 11.2. The van der Waals surface area contributed by atoms with Crippen molar-refractivity contribution in [1.29, 1.82) is 0 Å². The van der Waals surface area contributed by atoms with E-state index >= 15 is 0 Å². The third-order valence-electron chi connectivity index (χ3n) is 1.84. The standard InChI is InChI=1S/C11H12F3IO2/c1-7(12)5-10(14)9(13)4-2-3-8(16)6-11(15)17/h5,9H,1-4,6H2/b10-5+/t9-/m0/s1. The number of rotatable bonds is 8. The van der Waals surface area contributed by atoms with Crippen LogP contribution in [0.15, 0.2) is 24.3 Å². The third-order valence-corrected chi connectivity index (χ3v) is 2.22. The van der Waals surface area contributed by atoms with Gasteiger partial charge >= 0.3 is 0 Å². The number of hydrogen-bond donors (Lipinski definition) is 0. The van der Waals surface area contributed by atoms with Gasteiger partial charge in [0.2, 0.25) is 0 Å². The Labute approximate surface area is 111 Å². The van der Waals surface area contributed by atoms with Crippen LogP contribution in [-0.4, -0.2) is 15.7 Å². The lowest BCUT2D eigenvalue weighted by Gasteiger charge is -2.04. The second-order valence-corrected chi connectivity index (χ2v) is 4.61. The van der Waals surface area contributed by atoms with Crippen LogP contribution in [0.5, 0.6) is 0 Å². The summed E-state index contributed by atoms with van der Waals surface area (Å²) < 4.78 is 37.7. The predicted molar refractivity (Wildman–Crippen MR) is 66.8 cm³/mol. The highest BCUT2D eigenvalue weighted by molar-refractivity contribution is 14.1. The van der Waals surface area contributed by atoms with Gasteiger partial charge in [-0.15, -0.1) is 0 Å². The summed E-state index contributed by atoms with van der Waals surface area (Å²) in [5.74, 6) is -2.61. The van der Waals surface area contributed by atoms with Crippen molar-refractivity contribution in [2.24, 2.45) is 0 Å². The fraction of sp³-hybridized carbons (Fsp3) is 0.455. The van der Waals surface area contributed by atoms with Crippen molar-refractivity contribution < 1.29 is 22.8 Å². The Hall–Kier alpha value is -0.660. The van der Waals surface area contributed by atoms with Gasteiger partial charge < -0.3 is 0 Å². The molecule has 0 bridgehead atoms. The highest BCUT2D eigenvalue weighted by Crippen LogP contribution is 2.17. The maximum Gasteiger partial charge on any atom is 0.199 e. The fourth-order valence-electron chi connectivity index (χ4n) is 1.10. The summed E-state index contributed by atoms with van der Waals surface area (Å²) in [6, 6.07) is 0. The maximum absolute atomic E-state index is 13.0. The minimum absolute atomic E-state index is 0.0129. The highest BCUT2D eigenvalue weighted by atomic mass is 127. The van der Waals surface area contributed by atoms with Crippen LogP contribution in [0.1, 0.15) is 25.7 Å². The molecule has 0 saturated carbocycles. The van der Waals surface area contributed by atoms with Crippen molar-refractivity contribution in [2.75, 3.05) is 0 Å². The molecule has 1 atom stereocenters. The van der Waals surface area contributed by atoms with Gasteiger partial charge in [-0.1, -0.05) is 6.58 Å². The molecule has 0 fully saturated rings. The summed E-state index contributed by atoms with van der Waals surface area (Å²) in [6.07, 6.45) is -1.86. The van der Waals surface area contributed by atoms with E-state index in [1.165, 1.54) is 22.6 Å². The van der Waals surface area contributed by atoms with Gasteiger partial charge in [0.05, 0.1) is 6.42 Å². The molecule has 0 aromatic rings. The normalized spacial score (nSPS) is 13.3. The van der Waals surface area contributed by atoms with Gasteiger partial charge in [-0.3, -0.25) is 9.59 Å². The molecule has 0 aliphatic carbocycles. The summed E-state index contributed by atoms with van der Waals surface area (Å²) in [7, 11) is 0. The average Bonchev–Trinajstić information content (AvgIpc) is 2.14. The molecule has 0 unspecified atom stereocenters. The van der Waals surface area contributed by atoms with E-state index < -0.39 is 17.8 Å². The number of alkyl halides is 1. The Morgan fingerprint density at radius 2 is 1.94 bits per heavy atom. The summed E-state index contributed by atoms with van der Waals surface area (Å²) >= 11 is 1.49. The van der Waals surface area contributed by atoms with Crippen molar-refractivity contribution in [3.8, 4) is 0 Å². The van der Waals surface area contributed by atoms with Crippen molar-refractivity contribution in [3.05, 3.63) is 24.3 Å². The second kappa shape index (κ2) is 8.43. The molecular formula is C11H12F3IO2. The van der Waals surface area contributed by atoms with Crippen molar-refractivity contribution >= 4 is 32.2 Å². The molecule has 0 aromatic heterocycles. The Morgan fingerprint density at radius 3 is 2.41 bits per heavy atom. The predicted octanol–water partition coefficient (Wildman–Crippen LogP) is 3.75. The van der Waals surface area contributed by atoms with E-state index in [4.69, 9.17) is 0 Å².